The largest absolute Gasteiger partial charge is 0.493 e. The summed E-state index contributed by atoms with van der Waals surface area (Å²) >= 11 is 0. The van der Waals surface area contributed by atoms with Crippen molar-refractivity contribution >= 4 is 11.8 Å². The Labute approximate surface area is 185 Å². The molecule has 2 N–H and O–H groups in total. The van der Waals surface area contributed by atoms with Crippen LogP contribution in [-0.4, -0.2) is 76.9 Å². The summed E-state index contributed by atoms with van der Waals surface area (Å²) in [6.07, 6.45) is 2.74. The Morgan fingerprint density at radius 2 is 1.77 bits per heavy atom. The van der Waals surface area contributed by atoms with E-state index in [1.165, 1.54) is 11.1 Å². The highest BCUT2D eigenvalue weighted by Crippen LogP contribution is 2.27. The van der Waals surface area contributed by atoms with Gasteiger partial charge in [-0.1, -0.05) is 6.07 Å². The fourth-order valence-corrected chi connectivity index (χ4v) is 3.55. The number of likely N-dealkylation sites (N-methyl/N-ethyl adjacent to an activating group) is 1. The van der Waals surface area contributed by atoms with Gasteiger partial charge >= 0.3 is 0 Å². The smallest absolute Gasteiger partial charge is 0.191 e. The quantitative estimate of drug-likeness (QED) is 0.492. The van der Waals surface area contributed by atoms with Crippen LogP contribution in [0.1, 0.15) is 11.1 Å². The number of pyridine rings is 1. The van der Waals surface area contributed by atoms with Crippen molar-refractivity contribution in [3.05, 3.63) is 47.7 Å². The predicted octanol–water partition coefficient (Wildman–Crippen LogP) is 1.76. The molecule has 0 saturated carbocycles. The molecule has 0 bridgehead atoms. The third-order valence-electron chi connectivity index (χ3n) is 5.47. The number of methoxy groups -OCH3 is 2. The van der Waals surface area contributed by atoms with Crippen molar-refractivity contribution in [1.82, 2.24) is 20.5 Å². The summed E-state index contributed by atoms with van der Waals surface area (Å²) in [6, 6.07) is 10.2. The second kappa shape index (κ2) is 11.4. The second-order valence-electron chi connectivity index (χ2n) is 7.60. The summed E-state index contributed by atoms with van der Waals surface area (Å²) < 4.78 is 10.7. The topological polar surface area (TPSA) is 74.2 Å². The zero-order chi connectivity index (χ0) is 22.1. The van der Waals surface area contributed by atoms with Gasteiger partial charge in [0, 0.05) is 52.5 Å². The number of anilines is 1. The summed E-state index contributed by atoms with van der Waals surface area (Å²) in [7, 11) is 7.24. The Kier molecular flexibility index (Phi) is 8.35. The van der Waals surface area contributed by atoms with Crippen LogP contribution < -0.4 is 25.0 Å². The van der Waals surface area contributed by atoms with E-state index in [-0.39, 0.29) is 0 Å². The molecule has 0 aliphatic carbocycles. The van der Waals surface area contributed by atoms with Crippen LogP contribution in [0.4, 0.5) is 5.82 Å². The van der Waals surface area contributed by atoms with Crippen molar-refractivity contribution in [3.8, 4) is 11.5 Å². The molecular weight excluding hydrogens is 392 g/mol. The first kappa shape index (κ1) is 22.7. The second-order valence-corrected chi connectivity index (χ2v) is 7.60. The third kappa shape index (κ3) is 6.49. The van der Waals surface area contributed by atoms with Gasteiger partial charge in [-0.3, -0.25) is 4.99 Å². The van der Waals surface area contributed by atoms with Gasteiger partial charge in [0.05, 0.1) is 14.2 Å². The lowest BCUT2D eigenvalue weighted by molar-refractivity contribution is 0.312. The Hall–Kier alpha value is -3.00. The molecule has 1 saturated heterocycles. The van der Waals surface area contributed by atoms with Gasteiger partial charge in [0.25, 0.3) is 0 Å². The standard InChI is InChI=1S/C23H34N6O2/c1-24-23(26-10-7-18-5-6-20(30-3)21(15-18)31-4)27-17-19-8-9-25-22(16-19)29-13-11-28(2)12-14-29/h5-6,8-9,15-16H,7,10-14,17H2,1-4H3,(H2,24,26,27). The average molecular weight is 427 g/mol. The first-order valence-electron chi connectivity index (χ1n) is 10.7. The molecule has 1 aliphatic heterocycles. The van der Waals surface area contributed by atoms with E-state index in [0.717, 1.165) is 62.4 Å². The zero-order valence-corrected chi connectivity index (χ0v) is 19.0. The van der Waals surface area contributed by atoms with Crippen LogP contribution >= 0.6 is 0 Å². The van der Waals surface area contributed by atoms with Gasteiger partial charge in [0.15, 0.2) is 17.5 Å². The minimum atomic E-state index is 0.694. The molecule has 0 spiro atoms. The van der Waals surface area contributed by atoms with E-state index in [2.05, 4.69) is 49.6 Å². The predicted molar refractivity (Wildman–Crippen MR) is 125 cm³/mol. The van der Waals surface area contributed by atoms with Crippen molar-refractivity contribution in [1.29, 1.82) is 0 Å². The molecule has 3 rings (SSSR count). The molecular formula is C23H34N6O2. The molecule has 168 valence electrons. The number of nitrogens with one attached hydrogen (secondary N) is 2. The molecule has 1 aromatic carbocycles. The Balaban J connectivity index is 1.48. The first-order valence-corrected chi connectivity index (χ1v) is 10.7. The van der Waals surface area contributed by atoms with E-state index in [9.17, 15) is 0 Å². The van der Waals surface area contributed by atoms with Crippen LogP contribution in [0.15, 0.2) is 41.5 Å². The summed E-state index contributed by atoms with van der Waals surface area (Å²) in [5.74, 6) is 3.31. The van der Waals surface area contributed by atoms with E-state index in [0.29, 0.717) is 6.54 Å². The van der Waals surface area contributed by atoms with Crippen LogP contribution in [0, 0.1) is 0 Å². The van der Waals surface area contributed by atoms with Gasteiger partial charge in [-0.15, -0.1) is 0 Å². The Morgan fingerprint density at radius 3 is 2.48 bits per heavy atom. The monoisotopic (exact) mass is 426 g/mol. The Bertz CT molecular complexity index is 865. The minimum Gasteiger partial charge on any atom is -0.493 e. The van der Waals surface area contributed by atoms with Crippen LogP contribution in [0.2, 0.25) is 0 Å². The summed E-state index contributed by atoms with van der Waals surface area (Å²) in [4.78, 5) is 13.6. The number of piperazine rings is 1. The van der Waals surface area contributed by atoms with Crippen molar-refractivity contribution in [3.63, 3.8) is 0 Å². The maximum Gasteiger partial charge on any atom is 0.191 e. The molecule has 1 fully saturated rings. The lowest BCUT2D eigenvalue weighted by Gasteiger charge is -2.33. The SMILES string of the molecule is CN=C(NCCc1ccc(OC)c(OC)c1)NCc1ccnc(N2CCN(C)CC2)c1. The van der Waals surface area contributed by atoms with Gasteiger partial charge < -0.3 is 29.9 Å². The molecule has 2 heterocycles. The highest BCUT2D eigenvalue weighted by molar-refractivity contribution is 5.79. The highest BCUT2D eigenvalue weighted by atomic mass is 16.5. The summed E-state index contributed by atoms with van der Waals surface area (Å²) in [5, 5.41) is 6.76. The number of ether oxygens (including phenoxy) is 2. The third-order valence-corrected chi connectivity index (χ3v) is 5.47. The number of aliphatic imine (C=N–C) groups is 1. The van der Waals surface area contributed by atoms with Gasteiger partial charge in [0.1, 0.15) is 5.82 Å². The maximum absolute atomic E-state index is 5.38. The van der Waals surface area contributed by atoms with Crippen LogP contribution in [-0.2, 0) is 13.0 Å². The normalized spacial score (nSPS) is 15.0. The van der Waals surface area contributed by atoms with E-state index in [4.69, 9.17) is 9.47 Å². The van der Waals surface area contributed by atoms with Crippen LogP contribution in [0.25, 0.3) is 0 Å². The number of rotatable bonds is 8. The van der Waals surface area contributed by atoms with Gasteiger partial charge in [0.2, 0.25) is 0 Å². The highest BCUT2D eigenvalue weighted by Gasteiger charge is 2.15. The molecule has 1 aliphatic rings. The number of benzene rings is 1. The number of guanidine groups is 1. The molecule has 2 aromatic rings. The van der Waals surface area contributed by atoms with Crippen LogP contribution in [0.3, 0.4) is 0 Å². The number of hydrogen-bond acceptors (Lipinski definition) is 6. The van der Waals surface area contributed by atoms with Gasteiger partial charge in [-0.05, 0) is 48.9 Å². The zero-order valence-electron chi connectivity index (χ0n) is 19.0. The molecule has 0 unspecified atom stereocenters. The van der Waals surface area contributed by atoms with E-state index in [1.807, 2.05) is 24.4 Å². The number of nitrogens with zero attached hydrogens (tertiary/aromatic N) is 4. The van der Waals surface area contributed by atoms with Crippen molar-refractivity contribution < 1.29 is 9.47 Å². The van der Waals surface area contributed by atoms with Crippen molar-refractivity contribution in [2.24, 2.45) is 4.99 Å². The van der Waals surface area contributed by atoms with Crippen molar-refractivity contribution in [2.75, 3.05) is 65.9 Å². The molecule has 1 aromatic heterocycles. The fourth-order valence-electron chi connectivity index (χ4n) is 3.55. The maximum atomic E-state index is 5.38. The minimum absolute atomic E-state index is 0.694. The van der Waals surface area contributed by atoms with E-state index >= 15 is 0 Å². The molecule has 8 nitrogen and oxygen atoms in total. The van der Waals surface area contributed by atoms with Crippen LogP contribution in [0.5, 0.6) is 11.5 Å². The lowest BCUT2D eigenvalue weighted by Crippen LogP contribution is -2.44. The molecule has 0 atom stereocenters. The molecule has 31 heavy (non-hydrogen) atoms. The van der Waals surface area contributed by atoms with Gasteiger partial charge in [-0.25, -0.2) is 4.98 Å². The number of aromatic nitrogens is 1. The molecule has 8 heteroatoms. The number of hydrogen-bond donors (Lipinski definition) is 2. The summed E-state index contributed by atoms with van der Waals surface area (Å²) in [5.41, 5.74) is 2.36. The summed E-state index contributed by atoms with van der Waals surface area (Å²) in [6.45, 7) is 5.62. The van der Waals surface area contributed by atoms with Gasteiger partial charge in [-0.2, -0.15) is 0 Å². The Morgan fingerprint density at radius 1 is 1.00 bits per heavy atom. The molecule has 0 amide bonds. The fraction of sp³-hybridized carbons (Fsp3) is 0.478. The van der Waals surface area contributed by atoms with E-state index in [1.54, 1.807) is 21.3 Å². The first-order chi connectivity index (χ1) is 15.1. The lowest BCUT2D eigenvalue weighted by atomic mass is 10.1. The average Bonchev–Trinajstić information content (AvgIpc) is 2.81. The molecule has 0 radical (unpaired) electrons. The van der Waals surface area contributed by atoms with E-state index < -0.39 is 0 Å². The van der Waals surface area contributed by atoms with Crippen molar-refractivity contribution in [2.45, 2.75) is 13.0 Å².